The number of rotatable bonds is 4. The number of anilines is 2. The van der Waals surface area contributed by atoms with E-state index in [-0.39, 0.29) is 0 Å². The Morgan fingerprint density at radius 2 is 1.82 bits per heavy atom. The van der Waals surface area contributed by atoms with Gasteiger partial charge in [0.05, 0.1) is 25.1 Å². The van der Waals surface area contributed by atoms with E-state index in [1.807, 2.05) is 0 Å². The molecule has 5 rings (SSSR count). The van der Waals surface area contributed by atoms with Crippen LogP contribution in [0.15, 0.2) is 54.9 Å². The lowest BCUT2D eigenvalue weighted by Crippen LogP contribution is -2.37. The maximum atomic E-state index is 12.8. The molecule has 4 aromatic rings. The quantitative estimate of drug-likeness (QED) is 0.507. The molecule has 170 valence electrons. The SMILES string of the molecule is O=C(Nc1cc(N2CCOCC2)n2nccc2n1)c1ccc(-n2ccc(C(F)(F)F)n2)cc1. The topological polar surface area (TPSA) is 89.6 Å². The van der Waals surface area contributed by atoms with Crippen molar-refractivity contribution in [2.45, 2.75) is 6.18 Å². The van der Waals surface area contributed by atoms with Crippen molar-refractivity contribution in [1.82, 2.24) is 24.4 Å². The molecule has 1 aliphatic heterocycles. The van der Waals surface area contributed by atoms with Gasteiger partial charge in [-0.05, 0) is 30.3 Å². The summed E-state index contributed by atoms with van der Waals surface area (Å²) >= 11 is 0. The van der Waals surface area contributed by atoms with Gasteiger partial charge in [0.15, 0.2) is 11.3 Å². The number of ether oxygens (including phenoxy) is 1. The van der Waals surface area contributed by atoms with Crippen molar-refractivity contribution in [1.29, 1.82) is 0 Å². The Morgan fingerprint density at radius 1 is 1.06 bits per heavy atom. The summed E-state index contributed by atoms with van der Waals surface area (Å²) in [6, 6.07) is 10.5. The minimum Gasteiger partial charge on any atom is -0.378 e. The van der Waals surface area contributed by atoms with Crippen LogP contribution in [-0.2, 0) is 10.9 Å². The van der Waals surface area contributed by atoms with Crippen LogP contribution in [0.4, 0.5) is 24.8 Å². The fraction of sp³-hybridized carbons (Fsp3) is 0.238. The normalized spacial score (nSPS) is 14.6. The van der Waals surface area contributed by atoms with Gasteiger partial charge in [-0.2, -0.15) is 27.9 Å². The molecule has 0 unspecified atom stereocenters. The van der Waals surface area contributed by atoms with Crippen molar-refractivity contribution < 1.29 is 22.7 Å². The van der Waals surface area contributed by atoms with E-state index in [1.165, 1.54) is 30.5 Å². The molecule has 0 spiro atoms. The van der Waals surface area contributed by atoms with Crippen molar-refractivity contribution >= 4 is 23.2 Å². The van der Waals surface area contributed by atoms with E-state index in [4.69, 9.17) is 4.74 Å². The molecule has 4 heterocycles. The Kier molecular flexibility index (Phi) is 5.21. The Labute approximate surface area is 185 Å². The van der Waals surface area contributed by atoms with Crippen LogP contribution in [0.3, 0.4) is 0 Å². The average molecular weight is 457 g/mol. The smallest absolute Gasteiger partial charge is 0.378 e. The number of nitrogens with zero attached hydrogens (tertiary/aromatic N) is 6. The maximum Gasteiger partial charge on any atom is 0.435 e. The number of fused-ring (bicyclic) bond motifs is 1. The van der Waals surface area contributed by atoms with Crippen LogP contribution >= 0.6 is 0 Å². The molecule has 3 aromatic heterocycles. The van der Waals surface area contributed by atoms with Crippen LogP contribution in [0, 0.1) is 0 Å². The summed E-state index contributed by atoms with van der Waals surface area (Å²) in [5, 5.41) is 10.6. The molecule has 1 amide bonds. The fourth-order valence-corrected chi connectivity index (χ4v) is 3.55. The molecule has 1 N–H and O–H groups in total. The van der Waals surface area contributed by atoms with Gasteiger partial charge < -0.3 is 15.0 Å². The number of hydrogen-bond acceptors (Lipinski definition) is 6. The van der Waals surface area contributed by atoms with E-state index in [2.05, 4.69) is 25.4 Å². The van der Waals surface area contributed by atoms with Crippen LogP contribution in [0.2, 0.25) is 0 Å². The number of morpholine rings is 1. The number of hydrogen-bond donors (Lipinski definition) is 1. The summed E-state index contributed by atoms with van der Waals surface area (Å²) in [6.45, 7) is 2.58. The molecule has 12 heteroatoms. The van der Waals surface area contributed by atoms with Crippen molar-refractivity contribution in [3.8, 4) is 5.69 Å². The van der Waals surface area contributed by atoms with E-state index < -0.39 is 17.8 Å². The second kappa shape index (κ2) is 8.20. The number of benzene rings is 1. The first kappa shape index (κ1) is 20.9. The monoisotopic (exact) mass is 457 g/mol. The molecule has 9 nitrogen and oxygen atoms in total. The van der Waals surface area contributed by atoms with Crippen LogP contribution in [0.5, 0.6) is 0 Å². The third-order valence-electron chi connectivity index (χ3n) is 5.19. The Balaban J connectivity index is 1.36. The minimum atomic E-state index is -4.52. The number of nitrogens with one attached hydrogen (secondary N) is 1. The number of amides is 1. The first-order chi connectivity index (χ1) is 15.9. The summed E-state index contributed by atoms with van der Waals surface area (Å²) in [7, 11) is 0. The Hall–Kier alpha value is -3.93. The fourth-order valence-electron chi connectivity index (χ4n) is 3.55. The maximum absolute atomic E-state index is 12.8. The summed E-state index contributed by atoms with van der Waals surface area (Å²) in [5.41, 5.74) is 0.325. The Morgan fingerprint density at radius 3 is 2.52 bits per heavy atom. The minimum absolute atomic E-state index is 0.324. The van der Waals surface area contributed by atoms with Crippen LogP contribution in [0.25, 0.3) is 11.3 Å². The molecular formula is C21H18F3N7O2. The van der Waals surface area contributed by atoms with E-state index in [0.29, 0.717) is 49.0 Å². The Bertz CT molecular complexity index is 1290. The third kappa shape index (κ3) is 4.24. The highest BCUT2D eigenvalue weighted by Gasteiger charge is 2.33. The predicted molar refractivity (Wildman–Crippen MR) is 113 cm³/mol. The molecular weight excluding hydrogens is 439 g/mol. The van der Waals surface area contributed by atoms with Crippen molar-refractivity contribution in [3.05, 3.63) is 66.1 Å². The molecule has 0 radical (unpaired) electrons. The highest BCUT2D eigenvalue weighted by molar-refractivity contribution is 6.04. The van der Waals surface area contributed by atoms with Gasteiger partial charge in [-0.1, -0.05) is 0 Å². The van der Waals surface area contributed by atoms with Gasteiger partial charge in [-0.3, -0.25) is 4.79 Å². The highest BCUT2D eigenvalue weighted by Crippen LogP contribution is 2.28. The van der Waals surface area contributed by atoms with Gasteiger partial charge in [0.1, 0.15) is 11.6 Å². The van der Waals surface area contributed by atoms with Gasteiger partial charge >= 0.3 is 6.18 Å². The lowest BCUT2D eigenvalue weighted by molar-refractivity contribution is -0.141. The van der Waals surface area contributed by atoms with Gasteiger partial charge in [-0.25, -0.2) is 9.67 Å². The lowest BCUT2D eigenvalue weighted by Gasteiger charge is -2.29. The standard InChI is InChI=1S/C21H18F3N7O2/c22-21(23,24)16-6-8-30(28-16)15-3-1-14(2-4-15)20(32)27-17-13-19(29-9-11-33-12-10-29)31-18(26-17)5-7-25-31/h1-8,13H,9-12H2,(H,26,27,32). The highest BCUT2D eigenvalue weighted by atomic mass is 19.4. The van der Waals surface area contributed by atoms with Crippen molar-refractivity contribution in [2.75, 3.05) is 36.5 Å². The van der Waals surface area contributed by atoms with Gasteiger partial charge in [0.2, 0.25) is 0 Å². The van der Waals surface area contributed by atoms with Crippen LogP contribution < -0.4 is 10.2 Å². The zero-order valence-electron chi connectivity index (χ0n) is 17.2. The van der Waals surface area contributed by atoms with Gasteiger partial charge in [-0.15, -0.1) is 0 Å². The third-order valence-corrected chi connectivity index (χ3v) is 5.19. The number of halogens is 3. The molecule has 33 heavy (non-hydrogen) atoms. The molecule has 1 fully saturated rings. The number of carbonyl (C=O) groups excluding carboxylic acids is 1. The molecule has 1 aromatic carbocycles. The molecule has 0 aliphatic carbocycles. The summed E-state index contributed by atoms with van der Waals surface area (Å²) < 4.78 is 46.5. The molecule has 0 saturated carbocycles. The van der Waals surface area contributed by atoms with E-state index in [0.717, 1.165) is 16.6 Å². The second-order valence-corrected chi connectivity index (χ2v) is 7.34. The molecule has 1 saturated heterocycles. The van der Waals surface area contributed by atoms with E-state index in [1.54, 1.807) is 22.8 Å². The zero-order chi connectivity index (χ0) is 23.0. The van der Waals surface area contributed by atoms with E-state index >= 15 is 0 Å². The van der Waals surface area contributed by atoms with E-state index in [9.17, 15) is 18.0 Å². The van der Waals surface area contributed by atoms with Crippen LogP contribution in [0.1, 0.15) is 16.1 Å². The number of aromatic nitrogens is 5. The first-order valence-electron chi connectivity index (χ1n) is 10.1. The molecule has 0 bridgehead atoms. The summed E-state index contributed by atoms with van der Waals surface area (Å²) in [6.07, 6.45) is -1.67. The lowest BCUT2D eigenvalue weighted by atomic mass is 10.2. The van der Waals surface area contributed by atoms with Gasteiger partial charge in [0.25, 0.3) is 5.91 Å². The van der Waals surface area contributed by atoms with Crippen molar-refractivity contribution in [2.24, 2.45) is 0 Å². The first-order valence-corrected chi connectivity index (χ1v) is 10.1. The molecule has 1 aliphatic rings. The van der Waals surface area contributed by atoms with Gasteiger partial charge in [0, 0.05) is 37.0 Å². The van der Waals surface area contributed by atoms with Crippen LogP contribution in [-0.4, -0.2) is 56.6 Å². The number of alkyl halides is 3. The summed E-state index contributed by atoms with van der Waals surface area (Å²) in [4.78, 5) is 19.3. The second-order valence-electron chi connectivity index (χ2n) is 7.34. The molecule has 0 atom stereocenters. The number of carbonyl (C=O) groups is 1. The largest absolute Gasteiger partial charge is 0.435 e. The zero-order valence-corrected chi connectivity index (χ0v) is 17.2. The average Bonchev–Trinajstić information content (AvgIpc) is 3.49. The predicted octanol–water partition coefficient (Wildman–Crippen LogP) is 3.02. The van der Waals surface area contributed by atoms with Crippen molar-refractivity contribution in [3.63, 3.8) is 0 Å². The summed E-state index contributed by atoms with van der Waals surface area (Å²) in [5.74, 6) is 0.751.